The number of carbonyl (C=O) groups is 1. The fourth-order valence-corrected chi connectivity index (χ4v) is 3.83. The normalized spacial score (nSPS) is 34.6. The predicted octanol–water partition coefficient (Wildman–Crippen LogP) is 3.34. The molecule has 0 amide bonds. The van der Waals surface area contributed by atoms with Gasteiger partial charge in [-0.05, 0) is 31.6 Å². The van der Waals surface area contributed by atoms with Crippen LogP contribution in [0.5, 0.6) is 0 Å². The van der Waals surface area contributed by atoms with Crippen molar-refractivity contribution >= 4 is 6.29 Å². The largest absolute Gasteiger partial charge is 0.381 e. The van der Waals surface area contributed by atoms with Gasteiger partial charge in [-0.1, -0.05) is 32.1 Å². The second-order valence-corrected chi connectivity index (χ2v) is 5.58. The molecule has 92 valence electrons. The first-order valence-corrected chi connectivity index (χ1v) is 6.81. The summed E-state index contributed by atoms with van der Waals surface area (Å²) in [5.74, 6) is 0.494. The molecule has 0 aromatic rings. The number of rotatable bonds is 3. The van der Waals surface area contributed by atoms with Gasteiger partial charge in [-0.25, -0.2) is 0 Å². The van der Waals surface area contributed by atoms with Gasteiger partial charge in [-0.3, -0.25) is 0 Å². The molecule has 0 unspecified atom stereocenters. The molecule has 0 spiro atoms. The van der Waals surface area contributed by atoms with Crippen LogP contribution in [0.1, 0.15) is 57.8 Å². The molecule has 0 aromatic heterocycles. The van der Waals surface area contributed by atoms with Gasteiger partial charge in [0.05, 0.1) is 6.10 Å². The summed E-state index contributed by atoms with van der Waals surface area (Å²) in [6.45, 7) is 0. The third-order valence-corrected chi connectivity index (χ3v) is 4.76. The first kappa shape index (κ1) is 12.1. The van der Waals surface area contributed by atoms with Gasteiger partial charge in [0, 0.05) is 12.5 Å². The highest BCUT2D eigenvalue weighted by molar-refractivity contribution is 5.60. The van der Waals surface area contributed by atoms with E-state index in [4.69, 9.17) is 4.74 Å². The molecule has 0 radical (unpaired) electrons. The van der Waals surface area contributed by atoms with Crippen molar-refractivity contribution in [2.24, 2.45) is 11.3 Å². The predicted molar refractivity (Wildman–Crippen MR) is 64.3 cm³/mol. The average molecular weight is 224 g/mol. The molecule has 2 nitrogen and oxygen atoms in total. The topological polar surface area (TPSA) is 26.3 Å². The van der Waals surface area contributed by atoms with E-state index < -0.39 is 0 Å². The van der Waals surface area contributed by atoms with Crippen molar-refractivity contribution < 1.29 is 9.53 Å². The molecule has 2 heteroatoms. The molecule has 2 fully saturated rings. The Balaban J connectivity index is 2.14. The summed E-state index contributed by atoms with van der Waals surface area (Å²) >= 11 is 0. The SMILES string of the molecule is CO[C@@H]1CCC[C@@H]1C1(C=O)CCCCCC1. The Bertz CT molecular complexity index is 229. The molecule has 0 heterocycles. The lowest BCUT2D eigenvalue weighted by Gasteiger charge is -2.36. The number of carbonyl (C=O) groups excluding carboxylic acids is 1. The number of hydrogen-bond donors (Lipinski definition) is 0. The minimum Gasteiger partial charge on any atom is -0.381 e. The lowest BCUT2D eigenvalue weighted by molar-refractivity contribution is -0.123. The first-order chi connectivity index (χ1) is 7.82. The summed E-state index contributed by atoms with van der Waals surface area (Å²) in [6, 6.07) is 0. The van der Waals surface area contributed by atoms with E-state index in [9.17, 15) is 4.79 Å². The molecule has 0 saturated heterocycles. The lowest BCUT2D eigenvalue weighted by atomic mass is 9.69. The fourth-order valence-electron chi connectivity index (χ4n) is 3.83. The second-order valence-electron chi connectivity index (χ2n) is 5.58. The van der Waals surface area contributed by atoms with Crippen LogP contribution in [0, 0.1) is 11.3 Å². The summed E-state index contributed by atoms with van der Waals surface area (Å²) in [5, 5.41) is 0. The van der Waals surface area contributed by atoms with E-state index >= 15 is 0 Å². The monoisotopic (exact) mass is 224 g/mol. The maximum absolute atomic E-state index is 11.6. The highest BCUT2D eigenvalue weighted by Gasteiger charge is 2.45. The van der Waals surface area contributed by atoms with Gasteiger partial charge >= 0.3 is 0 Å². The van der Waals surface area contributed by atoms with Crippen molar-refractivity contribution in [3.05, 3.63) is 0 Å². The summed E-state index contributed by atoms with van der Waals surface area (Å²) in [4.78, 5) is 11.6. The molecule has 2 atom stereocenters. The van der Waals surface area contributed by atoms with Crippen LogP contribution in [0.4, 0.5) is 0 Å². The Morgan fingerprint density at radius 3 is 2.31 bits per heavy atom. The summed E-state index contributed by atoms with van der Waals surface area (Å²) in [7, 11) is 1.80. The maximum Gasteiger partial charge on any atom is 0.126 e. The van der Waals surface area contributed by atoms with Crippen LogP contribution in [0.25, 0.3) is 0 Å². The minimum atomic E-state index is -0.0479. The van der Waals surface area contributed by atoms with Crippen LogP contribution in [-0.4, -0.2) is 19.5 Å². The fraction of sp³-hybridized carbons (Fsp3) is 0.929. The smallest absolute Gasteiger partial charge is 0.126 e. The second kappa shape index (κ2) is 5.31. The highest BCUT2D eigenvalue weighted by Crippen LogP contribution is 2.47. The third kappa shape index (κ3) is 2.17. The van der Waals surface area contributed by atoms with Gasteiger partial charge in [-0.2, -0.15) is 0 Å². The van der Waals surface area contributed by atoms with E-state index in [1.165, 1.54) is 44.8 Å². The average Bonchev–Trinajstić information content (AvgIpc) is 2.67. The van der Waals surface area contributed by atoms with Crippen molar-refractivity contribution in [1.82, 2.24) is 0 Å². The number of aldehydes is 1. The molecule has 0 bridgehead atoms. The maximum atomic E-state index is 11.6. The molecule has 0 aromatic carbocycles. The van der Waals surface area contributed by atoms with Gasteiger partial charge in [0.25, 0.3) is 0 Å². The van der Waals surface area contributed by atoms with E-state index in [1.54, 1.807) is 7.11 Å². The van der Waals surface area contributed by atoms with Crippen LogP contribution < -0.4 is 0 Å². The van der Waals surface area contributed by atoms with Crippen LogP contribution in [0.15, 0.2) is 0 Å². The van der Waals surface area contributed by atoms with E-state index in [1.807, 2.05) is 0 Å². The van der Waals surface area contributed by atoms with Gasteiger partial charge in [0.1, 0.15) is 6.29 Å². The summed E-state index contributed by atoms with van der Waals surface area (Å²) in [5.41, 5.74) is -0.0479. The summed E-state index contributed by atoms with van der Waals surface area (Å²) < 4.78 is 5.59. The van der Waals surface area contributed by atoms with E-state index in [0.717, 1.165) is 19.3 Å². The van der Waals surface area contributed by atoms with E-state index in [2.05, 4.69) is 0 Å². The molecular formula is C14H24O2. The van der Waals surface area contributed by atoms with Gasteiger partial charge < -0.3 is 9.53 Å². The Morgan fingerprint density at radius 2 is 1.75 bits per heavy atom. The molecule has 16 heavy (non-hydrogen) atoms. The Hall–Kier alpha value is -0.370. The number of hydrogen-bond acceptors (Lipinski definition) is 2. The zero-order valence-electron chi connectivity index (χ0n) is 10.4. The summed E-state index contributed by atoms with van der Waals surface area (Å²) in [6.07, 6.45) is 12.5. The lowest BCUT2D eigenvalue weighted by Crippen LogP contribution is -2.37. The van der Waals surface area contributed by atoms with Crippen LogP contribution >= 0.6 is 0 Å². The zero-order chi connectivity index (χ0) is 11.4. The Labute approximate surface area is 98.7 Å². The van der Waals surface area contributed by atoms with Gasteiger partial charge in [-0.15, -0.1) is 0 Å². The standard InChI is InChI=1S/C14H24O2/c1-16-13-8-6-7-12(13)14(11-15)9-4-2-3-5-10-14/h11-13H,2-10H2,1H3/t12-,13+/m0/s1. The quantitative estimate of drug-likeness (QED) is 0.543. The van der Waals surface area contributed by atoms with Crippen LogP contribution in [-0.2, 0) is 9.53 Å². The number of ether oxygens (including phenoxy) is 1. The van der Waals surface area contributed by atoms with Gasteiger partial charge in [0.2, 0.25) is 0 Å². The van der Waals surface area contributed by atoms with Crippen LogP contribution in [0.3, 0.4) is 0 Å². The Morgan fingerprint density at radius 1 is 1.06 bits per heavy atom. The van der Waals surface area contributed by atoms with E-state index in [0.29, 0.717) is 12.0 Å². The van der Waals surface area contributed by atoms with Crippen molar-refractivity contribution in [2.75, 3.05) is 7.11 Å². The molecule has 2 saturated carbocycles. The Kier molecular flexibility index (Phi) is 4.01. The van der Waals surface area contributed by atoms with Gasteiger partial charge in [0.15, 0.2) is 0 Å². The third-order valence-electron chi connectivity index (χ3n) is 4.76. The van der Waals surface area contributed by atoms with Crippen molar-refractivity contribution in [3.8, 4) is 0 Å². The van der Waals surface area contributed by atoms with Crippen molar-refractivity contribution in [2.45, 2.75) is 63.9 Å². The first-order valence-electron chi connectivity index (χ1n) is 6.81. The van der Waals surface area contributed by atoms with E-state index in [-0.39, 0.29) is 5.41 Å². The zero-order valence-corrected chi connectivity index (χ0v) is 10.4. The molecule has 2 aliphatic rings. The minimum absolute atomic E-state index is 0.0479. The van der Waals surface area contributed by atoms with Crippen molar-refractivity contribution in [1.29, 1.82) is 0 Å². The molecule has 2 aliphatic carbocycles. The molecular weight excluding hydrogens is 200 g/mol. The molecule has 0 aliphatic heterocycles. The number of methoxy groups -OCH3 is 1. The molecule has 0 N–H and O–H groups in total. The molecule has 2 rings (SSSR count). The van der Waals surface area contributed by atoms with Crippen molar-refractivity contribution in [3.63, 3.8) is 0 Å². The highest BCUT2D eigenvalue weighted by atomic mass is 16.5. The van der Waals surface area contributed by atoms with Crippen LogP contribution in [0.2, 0.25) is 0 Å².